The van der Waals surface area contributed by atoms with Gasteiger partial charge >= 0.3 is 0 Å². The van der Waals surface area contributed by atoms with Crippen molar-refractivity contribution in [3.63, 3.8) is 0 Å². The molecule has 0 radical (unpaired) electrons. The molecular weight excluding hydrogens is 270 g/mol. The van der Waals surface area contributed by atoms with Crippen LogP contribution in [0.2, 0.25) is 0 Å². The van der Waals surface area contributed by atoms with Crippen molar-refractivity contribution in [1.82, 2.24) is 9.55 Å². The molecule has 0 spiro atoms. The van der Waals surface area contributed by atoms with Crippen LogP contribution < -0.4 is 9.47 Å². The Morgan fingerprint density at radius 2 is 2.19 bits per heavy atom. The molecule has 1 aromatic heterocycles. The summed E-state index contributed by atoms with van der Waals surface area (Å²) in [5.74, 6) is 2.22. The van der Waals surface area contributed by atoms with Crippen LogP contribution in [0.3, 0.4) is 0 Å². The fraction of sp³-hybridized carbons (Fsp3) is 0.333. The van der Waals surface area contributed by atoms with Gasteiger partial charge in [-0.15, -0.1) is 0 Å². The van der Waals surface area contributed by atoms with Crippen molar-refractivity contribution in [3.05, 3.63) is 42.0 Å². The first-order chi connectivity index (χ1) is 10.2. The minimum atomic E-state index is 0.514. The summed E-state index contributed by atoms with van der Waals surface area (Å²) in [6.45, 7) is 4.90. The molecular formula is C15H19N3O3. The summed E-state index contributed by atoms with van der Waals surface area (Å²) in [6, 6.07) is 5.42. The molecule has 0 fully saturated rings. The van der Waals surface area contributed by atoms with E-state index >= 15 is 0 Å². The van der Waals surface area contributed by atoms with Crippen molar-refractivity contribution < 1.29 is 14.7 Å². The Morgan fingerprint density at radius 1 is 1.38 bits per heavy atom. The molecule has 0 bridgehead atoms. The van der Waals surface area contributed by atoms with Crippen LogP contribution in [0.15, 0.2) is 35.7 Å². The van der Waals surface area contributed by atoms with E-state index in [1.54, 1.807) is 26.3 Å². The van der Waals surface area contributed by atoms with Gasteiger partial charge in [0, 0.05) is 18.0 Å². The van der Waals surface area contributed by atoms with Crippen LogP contribution in [-0.2, 0) is 6.54 Å². The molecule has 0 atom stereocenters. The first-order valence-electron chi connectivity index (χ1n) is 6.63. The molecule has 6 heteroatoms. The molecule has 0 unspecified atom stereocenters. The van der Waals surface area contributed by atoms with E-state index in [2.05, 4.69) is 10.1 Å². The summed E-state index contributed by atoms with van der Waals surface area (Å²) in [5, 5.41) is 12.0. The maximum atomic E-state index is 8.80. The van der Waals surface area contributed by atoms with Gasteiger partial charge in [-0.3, -0.25) is 0 Å². The topological polar surface area (TPSA) is 68.9 Å². The largest absolute Gasteiger partial charge is 0.493 e. The Bertz CT molecular complexity index is 635. The fourth-order valence-electron chi connectivity index (χ4n) is 1.96. The van der Waals surface area contributed by atoms with Crippen LogP contribution in [0.1, 0.15) is 18.3 Å². The highest BCUT2D eigenvalue weighted by atomic mass is 16.5. The number of aromatic nitrogens is 2. The lowest BCUT2D eigenvalue weighted by molar-refractivity contribution is 0.278. The lowest BCUT2D eigenvalue weighted by Crippen LogP contribution is -2.09. The van der Waals surface area contributed by atoms with E-state index in [1.165, 1.54) is 0 Å². The van der Waals surface area contributed by atoms with Gasteiger partial charge in [0.15, 0.2) is 11.5 Å². The van der Waals surface area contributed by atoms with Gasteiger partial charge in [-0.2, -0.15) is 0 Å². The number of aryl methyl sites for hydroxylation is 1. The second-order valence-electron chi connectivity index (χ2n) is 4.57. The van der Waals surface area contributed by atoms with Gasteiger partial charge in [0.2, 0.25) is 0 Å². The lowest BCUT2D eigenvalue weighted by Gasteiger charge is -2.12. The molecule has 0 saturated carbocycles. The second-order valence-corrected chi connectivity index (χ2v) is 4.57. The quantitative estimate of drug-likeness (QED) is 0.504. The number of hydrogen-bond acceptors (Lipinski definition) is 5. The summed E-state index contributed by atoms with van der Waals surface area (Å²) in [6.07, 6.45) is 3.68. The number of benzene rings is 1. The second kappa shape index (κ2) is 6.78. The zero-order chi connectivity index (χ0) is 15.2. The predicted octanol–water partition coefficient (Wildman–Crippen LogP) is 2.48. The summed E-state index contributed by atoms with van der Waals surface area (Å²) in [7, 11) is 1.58. The van der Waals surface area contributed by atoms with E-state index in [4.69, 9.17) is 14.7 Å². The minimum absolute atomic E-state index is 0.514. The summed E-state index contributed by atoms with van der Waals surface area (Å²) in [5.41, 5.74) is 1.31. The molecule has 21 heavy (non-hydrogen) atoms. The normalized spacial score (nSPS) is 11.5. The van der Waals surface area contributed by atoms with Gasteiger partial charge < -0.3 is 19.2 Å². The summed E-state index contributed by atoms with van der Waals surface area (Å²) >= 11 is 0. The van der Waals surface area contributed by atoms with Gasteiger partial charge in [0.05, 0.1) is 19.4 Å². The Hall–Kier alpha value is -2.50. The first-order valence-corrected chi connectivity index (χ1v) is 6.63. The van der Waals surface area contributed by atoms with Gasteiger partial charge in [-0.25, -0.2) is 4.98 Å². The SMILES string of the molecule is COc1cc(C(C)=NO)ccc1OCCn1ccnc1C. The molecule has 2 rings (SSSR count). The van der Waals surface area contributed by atoms with E-state index < -0.39 is 0 Å². The zero-order valence-corrected chi connectivity index (χ0v) is 12.4. The third-order valence-corrected chi connectivity index (χ3v) is 3.24. The van der Waals surface area contributed by atoms with Crippen molar-refractivity contribution in [3.8, 4) is 11.5 Å². The molecule has 0 saturated heterocycles. The van der Waals surface area contributed by atoms with E-state index in [9.17, 15) is 0 Å². The Labute approximate surface area is 123 Å². The van der Waals surface area contributed by atoms with Crippen LogP contribution >= 0.6 is 0 Å². The number of ether oxygens (including phenoxy) is 2. The number of oxime groups is 1. The molecule has 112 valence electrons. The highest BCUT2D eigenvalue weighted by Crippen LogP contribution is 2.28. The molecule has 0 amide bonds. The number of hydrogen-bond donors (Lipinski definition) is 1. The average molecular weight is 289 g/mol. The van der Waals surface area contributed by atoms with Crippen molar-refractivity contribution in [2.24, 2.45) is 5.16 Å². The van der Waals surface area contributed by atoms with E-state index in [0.717, 1.165) is 11.4 Å². The lowest BCUT2D eigenvalue weighted by atomic mass is 10.1. The number of nitrogens with zero attached hydrogens (tertiary/aromatic N) is 3. The zero-order valence-electron chi connectivity index (χ0n) is 12.4. The molecule has 0 aliphatic heterocycles. The Kier molecular flexibility index (Phi) is 4.81. The van der Waals surface area contributed by atoms with E-state index in [1.807, 2.05) is 29.8 Å². The molecule has 0 aliphatic carbocycles. The maximum Gasteiger partial charge on any atom is 0.161 e. The molecule has 1 heterocycles. The third-order valence-electron chi connectivity index (χ3n) is 3.24. The minimum Gasteiger partial charge on any atom is -0.493 e. The van der Waals surface area contributed by atoms with Crippen LogP contribution in [0, 0.1) is 6.92 Å². The third kappa shape index (κ3) is 3.53. The van der Waals surface area contributed by atoms with Crippen molar-refractivity contribution >= 4 is 5.71 Å². The molecule has 1 N–H and O–H groups in total. The smallest absolute Gasteiger partial charge is 0.161 e. The average Bonchev–Trinajstić information content (AvgIpc) is 2.92. The van der Waals surface area contributed by atoms with Crippen LogP contribution in [-0.4, -0.2) is 34.2 Å². The molecule has 0 aliphatic rings. The number of methoxy groups -OCH3 is 1. The van der Waals surface area contributed by atoms with Gasteiger partial charge in [0.25, 0.3) is 0 Å². The van der Waals surface area contributed by atoms with Crippen LogP contribution in [0.4, 0.5) is 0 Å². The highest BCUT2D eigenvalue weighted by molar-refractivity contribution is 5.98. The van der Waals surface area contributed by atoms with Crippen molar-refractivity contribution in [1.29, 1.82) is 0 Å². The van der Waals surface area contributed by atoms with E-state index in [0.29, 0.717) is 30.4 Å². The first kappa shape index (κ1) is 14.9. The Balaban J connectivity index is 2.04. The molecule has 6 nitrogen and oxygen atoms in total. The highest BCUT2D eigenvalue weighted by Gasteiger charge is 2.08. The van der Waals surface area contributed by atoms with Crippen LogP contribution in [0.5, 0.6) is 11.5 Å². The predicted molar refractivity (Wildman–Crippen MR) is 79.5 cm³/mol. The van der Waals surface area contributed by atoms with Gasteiger partial charge in [-0.1, -0.05) is 5.16 Å². The standard InChI is InChI=1S/C15H19N3O3/c1-11(17-19)13-4-5-14(15(10-13)20-3)21-9-8-18-7-6-16-12(18)2/h4-7,10,19H,8-9H2,1-3H3. The van der Waals surface area contributed by atoms with Gasteiger partial charge in [0.1, 0.15) is 12.4 Å². The van der Waals surface area contributed by atoms with Crippen molar-refractivity contribution in [2.45, 2.75) is 20.4 Å². The van der Waals surface area contributed by atoms with Crippen LogP contribution in [0.25, 0.3) is 0 Å². The maximum absolute atomic E-state index is 8.80. The molecule has 1 aromatic carbocycles. The summed E-state index contributed by atoms with van der Waals surface area (Å²) in [4.78, 5) is 4.16. The van der Waals surface area contributed by atoms with Gasteiger partial charge in [-0.05, 0) is 32.0 Å². The summed E-state index contributed by atoms with van der Waals surface area (Å²) < 4.78 is 13.1. The number of rotatable bonds is 6. The monoisotopic (exact) mass is 289 g/mol. The van der Waals surface area contributed by atoms with Crippen molar-refractivity contribution in [2.75, 3.05) is 13.7 Å². The Morgan fingerprint density at radius 3 is 2.81 bits per heavy atom. The fourth-order valence-corrected chi connectivity index (χ4v) is 1.96. The number of imidazole rings is 1. The van der Waals surface area contributed by atoms with E-state index in [-0.39, 0.29) is 0 Å². The molecule has 2 aromatic rings.